The standard InChI is InChI=1S/C9H20NO2/c1-4-5-10(6-8-11-2)7-9-12-3/h1,4-9H2,2-3H3. The third kappa shape index (κ3) is 6.58. The lowest BCUT2D eigenvalue weighted by molar-refractivity contribution is 0.115. The second kappa shape index (κ2) is 8.97. The topological polar surface area (TPSA) is 21.7 Å². The molecule has 3 heteroatoms. The van der Waals surface area contributed by atoms with Gasteiger partial charge in [0.25, 0.3) is 0 Å². The molecule has 0 unspecified atom stereocenters. The van der Waals surface area contributed by atoms with Crippen molar-refractivity contribution >= 4 is 0 Å². The van der Waals surface area contributed by atoms with Crippen LogP contribution < -0.4 is 0 Å². The minimum atomic E-state index is 0.781. The molecule has 1 radical (unpaired) electrons. The van der Waals surface area contributed by atoms with Gasteiger partial charge in [-0.25, -0.2) is 0 Å². The summed E-state index contributed by atoms with van der Waals surface area (Å²) < 4.78 is 9.99. The molecule has 0 atom stereocenters. The van der Waals surface area contributed by atoms with Crippen molar-refractivity contribution in [3.8, 4) is 0 Å². The van der Waals surface area contributed by atoms with E-state index in [1.165, 1.54) is 0 Å². The maximum absolute atomic E-state index is 5.00. The van der Waals surface area contributed by atoms with Crippen LogP contribution in [0.5, 0.6) is 0 Å². The number of rotatable bonds is 8. The Kier molecular flexibility index (Phi) is 8.88. The minimum Gasteiger partial charge on any atom is -0.383 e. The Morgan fingerprint density at radius 3 is 1.83 bits per heavy atom. The number of ether oxygens (including phenoxy) is 2. The molecule has 0 aromatic rings. The largest absolute Gasteiger partial charge is 0.383 e. The van der Waals surface area contributed by atoms with Crippen LogP contribution in [-0.2, 0) is 9.47 Å². The fourth-order valence-electron chi connectivity index (χ4n) is 1.000. The SMILES string of the molecule is [CH2]CCN(CCOC)CCOC. The first-order valence-corrected chi connectivity index (χ1v) is 4.34. The van der Waals surface area contributed by atoms with Crippen molar-refractivity contribution in [1.29, 1.82) is 0 Å². The Hall–Kier alpha value is -0.120. The monoisotopic (exact) mass is 174 g/mol. The molecule has 12 heavy (non-hydrogen) atoms. The Balaban J connectivity index is 3.40. The molecule has 0 N–H and O–H groups in total. The number of hydrogen-bond donors (Lipinski definition) is 0. The minimum absolute atomic E-state index is 0.781. The molecule has 3 nitrogen and oxygen atoms in total. The highest BCUT2D eigenvalue weighted by Crippen LogP contribution is 1.90. The Bertz CT molecular complexity index is 80.6. The zero-order valence-corrected chi connectivity index (χ0v) is 8.21. The maximum Gasteiger partial charge on any atom is 0.0589 e. The fraction of sp³-hybridized carbons (Fsp3) is 0.889. The molecule has 0 aromatic carbocycles. The van der Waals surface area contributed by atoms with E-state index in [0.717, 1.165) is 39.3 Å². The lowest BCUT2D eigenvalue weighted by atomic mass is 10.4. The smallest absolute Gasteiger partial charge is 0.0589 e. The van der Waals surface area contributed by atoms with Crippen molar-refractivity contribution in [1.82, 2.24) is 4.90 Å². The Morgan fingerprint density at radius 2 is 1.50 bits per heavy atom. The predicted octanol–water partition coefficient (Wildman–Crippen LogP) is 0.805. The lowest BCUT2D eigenvalue weighted by Crippen LogP contribution is -2.31. The van der Waals surface area contributed by atoms with Gasteiger partial charge in [0.1, 0.15) is 0 Å². The summed E-state index contributed by atoms with van der Waals surface area (Å²) in [7, 11) is 3.44. The van der Waals surface area contributed by atoms with Crippen molar-refractivity contribution in [2.24, 2.45) is 0 Å². The summed E-state index contributed by atoms with van der Waals surface area (Å²) in [5, 5.41) is 0. The normalized spacial score (nSPS) is 11.0. The molecule has 0 spiro atoms. The highest BCUT2D eigenvalue weighted by molar-refractivity contribution is 4.57. The summed E-state index contributed by atoms with van der Waals surface area (Å²) in [6.45, 7) is 8.34. The predicted molar refractivity (Wildman–Crippen MR) is 50.2 cm³/mol. The van der Waals surface area contributed by atoms with Crippen LogP contribution in [0.4, 0.5) is 0 Å². The molecule has 0 saturated heterocycles. The highest BCUT2D eigenvalue weighted by atomic mass is 16.5. The molecule has 0 aliphatic carbocycles. The quantitative estimate of drug-likeness (QED) is 0.543. The van der Waals surface area contributed by atoms with Crippen molar-refractivity contribution in [2.45, 2.75) is 6.42 Å². The molecule has 73 valence electrons. The van der Waals surface area contributed by atoms with Gasteiger partial charge in [0, 0.05) is 27.3 Å². The molecule has 0 heterocycles. The van der Waals surface area contributed by atoms with Gasteiger partial charge in [-0.15, -0.1) is 0 Å². The average molecular weight is 174 g/mol. The molecule has 0 amide bonds. The number of nitrogens with zero attached hydrogens (tertiary/aromatic N) is 1. The molecular formula is C9H20NO2. The summed E-state index contributed by atoms with van der Waals surface area (Å²) in [6, 6.07) is 0. The van der Waals surface area contributed by atoms with Crippen LogP contribution in [0.1, 0.15) is 6.42 Å². The summed E-state index contributed by atoms with van der Waals surface area (Å²) in [5.41, 5.74) is 0. The molecular weight excluding hydrogens is 154 g/mol. The Labute approximate surface area is 75.6 Å². The van der Waals surface area contributed by atoms with E-state index < -0.39 is 0 Å². The van der Waals surface area contributed by atoms with Gasteiger partial charge < -0.3 is 9.47 Å². The Morgan fingerprint density at radius 1 is 1.00 bits per heavy atom. The van der Waals surface area contributed by atoms with Gasteiger partial charge in [-0.2, -0.15) is 0 Å². The van der Waals surface area contributed by atoms with Crippen LogP contribution in [0.2, 0.25) is 0 Å². The van der Waals surface area contributed by atoms with E-state index in [2.05, 4.69) is 11.8 Å². The van der Waals surface area contributed by atoms with E-state index >= 15 is 0 Å². The van der Waals surface area contributed by atoms with Crippen LogP contribution in [0, 0.1) is 6.92 Å². The van der Waals surface area contributed by atoms with Gasteiger partial charge >= 0.3 is 0 Å². The molecule has 0 rings (SSSR count). The van der Waals surface area contributed by atoms with Crippen molar-refractivity contribution in [3.63, 3.8) is 0 Å². The third-order valence-corrected chi connectivity index (χ3v) is 1.70. The van der Waals surface area contributed by atoms with Gasteiger partial charge in [0.15, 0.2) is 0 Å². The highest BCUT2D eigenvalue weighted by Gasteiger charge is 2.01. The molecule has 0 aliphatic heterocycles. The second-order valence-electron chi connectivity index (χ2n) is 2.68. The first kappa shape index (κ1) is 11.9. The summed E-state index contributed by atoms with van der Waals surface area (Å²) >= 11 is 0. The van der Waals surface area contributed by atoms with E-state index in [-0.39, 0.29) is 0 Å². The number of methoxy groups -OCH3 is 2. The maximum atomic E-state index is 5.00. The third-order valence-electron chi connectivity index (χ3n) is 1.70. The molecule has 0 aromatic heterocycles. The first-order chi connectivity index (χ1) is 5.85. The van der Waals surface area contributed by atoms with E-state index in [9.17, 15) is 0 Å². The van der Waals surface area contributed by atoms with E-state index in [4.69, 9.17) is 9.47 Å². The molecule has 0 bridgehead atoms. The summed E-state index contributed by atoms with van der Waals surface area (Å²) in [6.07, 6.45) is 0.938. The molecule has 0 fully saturated rings. The van der Waals surface area contributed by atoms with Gasteiger partial charge in [-0.3, -0.25) is 4.90 Å². The van der Waals surface area contributed by atoms with Crippen LogP contribution in [0.3, 0.4) is 0 Å². The molecule has 0 aliphatic rings. The van der Waals surface area contributed by atoms with Gasteiger partial charge in [0.2, 0.25) is 0 Å². The summed E-state index contributed by atoms with van der Waals surface area (Å²) in [4.78, 5) is 2.29. The lowest BCUT2D eigenvalue weighted by Gasteiger charge is -2.20. The van der Waals surface area contributed by atoms with Crippen molar-refractivity contribution in [3.05, 3.63) is 6.92 Å². The van der Waals surface area contributed by atoms with Crippen molar-refractivity contribution in [2.75, 3.05) is 47.1 Å². The van der Waals surface area contributed by atoms with Gasteiger partial charge in [0.05, 0.1) is 13.2 Å². The summed E-state index contributed by atoms with van der Waals surface area (Å²) in [5.74, 6) is 0. The average Bonchev–Trinajstić information content (AvgIpc) is 2.10. The zero-order valence-electron chi connectivity index (χ0n) is 8.21. The van der Waals surface area contributed by atoms with Gasteiger partial charge in [-0.1, -0.05) is 6.92 Å². The van der Waals surface area contributed by atoms with Crippen LogP contribution >= 0.6 is 0 Å². The van der Waals surface area contributed by atoms with Crippen molar-refractivity contribution < 1.29 is 9.47 Å². The van der Waals surface area contributed by atoms with E-state index in [0.29, 0.717) is 0 Å². The van der Waals surface area contributed by atoms with Crippen LogP contribution in [-0.4, -0.2) is 52.0 Å². The van der Waals surface area contributed by atoms with Crippen LogP contribution in [0.15, 0.2) is 0 Å². The second-order valence-corrected chi connectivity index (χ2v) is 2.68. The number of hydrogen-bond acceptors (Lipinski definition) is 3. The van der Waals surface area contributed by atoms with Crippen LogP contribution in [0.25, 0.3) is 0 Å². The van der Waals surface area contributed by atoms with E-state index in [1.807, 2.05) is 0 Å². The molecule has 0 saturated carbocycles. The zero-order chi connectivity index (χ0) is 9.23. The first-order valence-electron chi connectivity index (χ1n) is 4.34. The van der Waals surface area contributed by atoms with E-state index in [1.54, 1.807) is 14.2 Å². The fourth-order valence-corrected chi connectivity index (χ4v) is 1.000. The van der Waals surface area contributed by atoms with Gasteiger partial charge in [-0.05, 0) is 13.0 Å².